The van der Waals surface area contributed by atoms with Gasteiger partial charge in [0.1, 0.15) is 22.4 Å². The molecule has 4 rings (SSSR count). The molecule has 1 saturated carbocycles. The molecular formula is C30H38N2O6S. The van der Waals surface area contributed by atoms with Crippen molar-refractivity contribution >= 4 is 15.9 Å². The van der Waals surface area contributed by atoms with E-state index in [0.717, 1.165) is 18.4 Å². The molecule has 3 atom stereocenters. The lowest BCUT2D eigenvalue weighted by atomic mass is 10.0. The van der Waals surface area contributed by atoms with E-state index >= 15 is 0 Å². The number of carbonyl (C=O) groups is 1. The molecule has 8 nitrogen and oxygen atoms in total. The minimum absolute atomic E-state index is 0.0110. The van der Waals surface area contributed by atoms with Crippen molar-refractivity contribution in [3.05, 3.63) is 59.7 Å². The first-order valence-corrected chi connectivity index (χ1v) is 14.9. The lowest BCUT2D eigenvalue weighted by Gasteiger charge is -2.37. The zero-order valence-corrected chi connectivity index (χ0v) is 23.7. The summed E-state index contributed by atoms with van der Waals surface area (Å²) >= 11 is 0. The molecule has 210 valence electrons. The van der Waals surface area contributed by atoms with Crippen LogP contribution < -0.4 is 4.74 Å². The van der Waals surface area contributed by atoms with Crippen LogP contribution in [0.1, 0.15) is 50.7 Å². The van der Waals surface area contributed by atoms with E-state index in [1.54, 1.807) is 31.0 Å². The maximum atomic E-state index is 13.7. The van der Waals surface area contributed by atoms with Gasteiger partial charge in [0.25, 0.3) is 0 Å². The van der Waals surface area contributed by atoms with Crippen molar-refractivity contribution in [3.8, 4) is 17.6 Å². The summed E-state index contributed by atoms with van der Waals surface area (Å²) in [7, 11) is -2.27. The summed E-state index contributed by atoms with van der Waals surface area (Å²) in [5.41, 5.74) is 0.419. The summed E-state index contributed by atoms with van der Waals surface area (Å²) in [6.45, 7) is 3.60. The molecule has 0 radical (unpaired) electrons. The Kier molecular flexibility index (Phi) is 9.02. The highest BCUT2D eigenvalue weighted by Gasteiger charge is 2.38. The second-order valence-electron chi connectivity index (χ2n) is 10.8. The molecule has 1 aliphatic heterocycles. The maximum absolute atomic E-state index is 13.7. The van der Waals surface area contributed by atoms with E-state index in [-0.39, 0.29) is 48.6 Å². The molecule has 1 amide bonds. The van der Waals surface area contributed by atoms with Crippen LogP contribution in [0.3, 0.4) is 0 Å². The van der Waals surface area contributed by atoms with Gasteiger partial charge in [0.2, 0.25) is 15.9 Å². The van der Waals surface area contributed by atoms with Crippen LogP contribution in [0.4, 0.5) is 0 Å². The van der Waals surface area contributed by atoms with Crippen LogP contribution in [-0.2, 0) is 21.2 Å². The number of carbonyl (C=O) groups excluding carboxylic acids is 1. The summed E-state index contributed by atoms with van der Waals surface area (Å²) < 4.78 is 35.0. The molecule has 39 heavy (non-hydrogen) atoms. The van der Waals surface area contributed by atoms with Crippen molar-refractivity contribution in [2.45, 2.75) is 68.6 Å². The Balaban J connectivity index is 1.66. The van der Waals surface area contributed by atoms with E-state index in [4.69, 9.17) is 4.74 Å². The molecule has 2 aromatic rings. The van der Waals surface area contributed by atoms with Gasteiger partial charge in [0, 0.05) is 31.1 Å². The molecular weight excluding hydrogens is 516 g/mol. The number of aliphatic hydroxyl groups excluding tert-OH is 1. The van der Waals surface area contributed by atoms with Gasteiger partial charge in [-0.1, -0.05) is 49.1 Å². The molecule has 0 saturated heterocycles. The van der Waals surface area contributed by atoms with Crippen LogP contribution in [0.2, 0.25) is 0 Å². The van der Waals surface area contributed by atoms with Gasteiger partial charge in [-0.2, -0.15) is 4.31 Å². The predicted octanol–water partition coefficient (Wildman–Crippen LogP) is 2.81. The third-order valence-electron chi connectivity index (χ3n) is 7.62. The molecule has 0 bridgehead atoms. The molecule has 2 N–H and O–H groups in total. The van der Waals surface area contributed by atoms with E-state index in [1.165, 1.54) is 10.4 Å². The van der Waals surface area contributed by atoms with E-state index in [9.17, 15) is 23.4 Å². The van der Waals surface area contributed by atoms with Gasteiger partial charge in [0.15, 0.2) is 0 Å². The lowest BCUT2D eigenvalue weighted by molar-refractivity contribution is -0.130. The molecule has 1 fully saturated rings. The molecule has 1 heterocycles. The first-order chi connectivity index (χ1) is 18.5. The molecule has 2 aromatic carbocycles. The van der Waals surface area contributed by atoms with Gasteiger partial charge in [-0.05, 0) is 56.4 Å². The van der Waals surface area contributed by atoms with Crippen LogP contribution in [0.15, 0.2) is 53.4 Å². The summed E-state index contributed by atoms with van der Waals surface area (Å²) in [6, 6.07) is 13.5. The summed E-state index contributed by atoms with van der Waals surface area (Å²) in [5.74, 6) is 5.75. The Morgan fingerprint density at radius 1 is 1.21 bits per heavy atom. The second kappa shape index (κ2) is 12.1. The van der Waals surface area contributed by atoms with E-state index < -0.39 is 27.8 Å². The normalized spacial score (nSPS) is 22.8. The Labute approximate surface area is 231 Å². The quantitative estimate of drug-likeness (QED) is 0.532. The summed E-state index contributed by atoms with van der Waals surface area (Å²) in [6.07, 6.45) is 2.82. The Hall–Kier alpha value is -2.90. The number of amides is 1. The number of nitrogens with zero attached hydrogens (tertiary/aromatic N) is 2. The topological polar surface area (TPSA) is 107 Å². The fourth-order valence-electron chi connectivity index (χ4n) is 5.07. The van der Waals surface area contributed by atoms with E-state index in [2.05, 4.69) is 11.8 Å². The van der Waals surface area contributed by atoms with Crippen molar-refractivity contribution in [2.75, 3.05) is 26.7 Å². The number of rotatable bonds is 6. The van der Waals surface area contributed by atoms with Crippen molar-refractivity contribution in [1.82, 2.24) is 9.21 Å². The molecule has 0 unspecified atom stereocenters. The van der Waals surface area contributed by atoms with Gasteiger partial charge in [-0.25, -0.2) is 8.42 Å². The highest BCUT2D eigenvalue weighted by atomic mass is 32.2. The molecule has 1 aliphatic carbocycles. The Morgan fingerprint density at radius 3 is 2.56 bits per heavy atom. The van der Waals surface area contributed by atoms with Gasteiger partial charge in [-0.15, -0.1) is 0 Å². The second-order valence-corrected chi connectivity index (χ2v) is 12.7. The SMILES string of the molecule is C[C@H](CO)N1C[C@H](C)[C@@H](CN(C)C(=O)Cc2ccccc2)Oc2cc(C#CC3(O)CCCC3)ccc2S1(=O)=O. The van der Waals surface area contributed by atoms with E-state index in [1.807, 2.05) is 37.3 Å². The van der Waals surface area contributed by atoms with Crippen LogP contribution in [0.5, 0.6) is 5.75 Å². The fraction of sp³-hybridized carbons (Fsp3) is 0.500. The van der Waals surface area contributed by atoms with Crippen LogP contribution in [0, 0.1) is 17.8 Å². The smallest absolute Gasteiger partial charge is 0.247 e. The van der Waals surface area contributed by atoms with E-state index in [0.29, 0.717) is 18.4 Å². The third-order valence-corrected chi connectivity index (χ3v) is 9.63. The third kappa shape index (κ3) is 6.82. The molecule has 0 spiro atoms. The minimum Gasteiger partial charge on any atom is -0.487 e. The Bertz CT molecular complexity index is 1330. The van der Waals surface area contributed by atoms with Crippen LogP contribution in [-0.4, -0.2) is 78.2 Å². The average molecular weight is 555 g/mol. The number of fused-ring (bicyclic) bond motifs is 1. The number of hydrogen-bond acceptors (Lipinski definition) is 6. The zero-order valence-electron chi connectivity index (χ0n) is 22.8. The average Bonchev–Trinajstić information content (AvgIpc) is 3.36. The monoisotopic (exact) mass is 554 g/mol. The number of hydrogen-bond donors (Lipinski definition) is 2. The highest BCUT2D eigenvalue weighted by Crippen LogP contribution is 2.34. The standard InChI is InChI=1S/C30H38N2O6S/c1-22-19-32(23(2)21-33)39(36,37)28-12-11-25(13-16-30(35)14-7-8-15-30)17-26(28)38-27(22)20-31(3)29(34)18-24-9-5-4-6-10-24/h4-6,9-12,17,22-23,27,33,35H,7-8,14-15,18-21H2,1-3H3/t22-,23+,27+/m0/s1. The number of sulfonamides is 1. The Morgan fingerprint density at radius 2 is 1.90 bits per heavy atom. The highest BCUT2D eigenvalue weighted by molar-refractivity contribution is 7.89. The van der Waals surface area contributed by atoms with Crippen molar-refractivity contribution < 1.29 is 28.2 Å². The van der Waals surface area contributed by atoms with Crippen molar-refractivity contribution in [3.63, 3.8) is 0 Å². The largest absolute Gasteiger partial charge is 0.487 e. The van der Waals surface area contributed by atoms with Crippen LogP contribution >= 0.6 is 0 Å². The summed E-state index contributed by atoms with van der Waals surface area (Å²) in [4.78, 5) is 14.6. The zero-order chi connectivity index (χ0) is 28.2. The van der Waals surface area contributed by atoms with Crippen molar-refractivity contribution in [1.29, 1.82) is 0 Å². The molecule has 2 aliphatic rings. The van der Waals surface area contributed by atoms with Gasteiger partial charge < -0.3 is 19.8 Å². The van der Waals surface area contributed by atoms with Gasteiger partial charge in [0.05, 0.1) is 19.6 Å². The predicted molar refractivity (Wildman–Crippen MR) is 149 cm³/mol. The van der Waals surface area contributed by atoms with Gasteiger partial charge in [-0.3, -0.25) is 4.79 Å². The van der Waals surface area contributed by atoms with Gasteiger partial charge >= 0.3 is 0 Å². The maximum Gasteiger partial charge on any atom is 0.247 e. The lowest BCUT2D eigenvalue weighted by Crippen LogP contribution is -2.50. The molecule has 9 heteroatoms. The van der Waals surface area contributed by atoms with Crippen LogP contribution in [0.25, 0.3) is 0 Å². The molecule has 0 aromatic heterocycles. The summed E-state index contributed by atoms with van der Waals surface area (Å²) in [5, 5.41) is 20.5. The van der Waals surface area contributed by atoms with Crippen molar-refractivity contribution in [2.24, 2.45) is 5.92 Å². The number of aliphatic hydroxyl groups is 2. The first-order valence-electron chi connectivity index (χ1n) is 13.5. The minimum atomic E-state index is -3.99. The number of benzene rings is 2. The fourth-order valence-corrected chi connectivity index (χ4v) is 6.90. The first kappa shape index (κ1) is 29.1. The number of likely N-dealkylation sites (N-methyl/N-ethyl adjacent to an activating group) is 1. The number of ether oxygens (including phenoxy) is 1.